The third-order valence-corrected chi connectivity index (χ3v) is 3.32. The number of carbonyl (C=O) groups excluding carboxylic acids is 1. The van der Waals surface area contributed by atoms with Gasteiger partial charge in [0.1, 0.15) is 5.75 Å². The number of nitrogens with zero attached hydrogens (tertiary/aromatic N) is 1. The molecule has 1 aliphatic rings. The number of ether oxygens (including phenoxy) is 2. The molecule has 0 N–H and O–H groups in total. The van der Waals surface area contributed by atoms with Crippen LogP contribution in [-0.2, 0) is 9.53 Å². The molecule has 1 radical (unpaired) electrons. The minimum absolute atomic E-state index is 0.00289. The molecule has 1 heterocycles. The number of amides is 1. The number of morpholine rings is 1. The van der Waals surface area contributed by atoms with Gasteiger partial charge >= 0.3 is 0 Å². The van der Waals surface area contributed by atoms with Crippen molar-refractivity contribution in [2.75, 3.05) is 32.9 Å². The Hall–Kier alpha value is -1.81. The van der Waals surface area contributed by atoms with Crippen molar-refractivity contribution in [3.05, 3.63) is 42.8 Å². The van der Waals surface area contributed by atoms with Gasteiger partial charge < -0.3 is 14.4 Å². The van der Waals surface area contributed by atoms with Crippen molar-refractivity contribution in [1.29, 1.82) is 0 Å². The third kappa shape index (κ3) is 3.84. The maximum atomic E-state index is 12.0. The highest BCUT2D eigenvalue weighted by Gasteiger charge is 2.17. The minimum atomic E-state index is 0.00289. The number of benzene rings is 1. The van der Waals surface area contributed by atoms with Crippen LogP contribution in [0.15, 0.2) is 30.3 Å². The van der Waals surface area contributed by atoms with Gasteiger partial charge in [0.2, 0.25) is 0 Å². The van der Waals surface area contributed by atoms with Crippen molar-refractivity contribution in [2.24, 2.45) is 0 Å². The van der Waals surface area contributed by atoms with E-state index in [4.69, 9.17) is 9.47 Å². The molecule has 1 fully saturated rings. The molecule has 4 nitrogen and oxygen atoms in total. The van der Waals surface area contributed by atoms with Crippen LogP contribution in [0.1, 0.15) is 12.5 Å². The van der Waals surface area contributed by atoms with Gasteiger partial charge in [-0.1, -0.05) is 18.2 Å². The Morgan fingerprint density at radius 1 is 1.45 bits per heavy atom. The number of hydrogen-bond acceptors (Lipinski definition) is 3. The first-order chi connectivity index (χ1) is 9.70. The Bertz CT molecular complexity index is 490. The second-order valence-electron chi connectivity index (χ2n) is 4.70. The zero-order valence-corrected chi connectivity index (χ0v) is 11.8. The first kappa shape index (κ1) is 14.6. The maximum Gasteiger partial charge on any atom is 0.260 e. The van der Waals surface area contributed by atoms with Gasteiger partial charge in [-0.2, -0.15) is 0 Å². The first-order valence-corrected chi connectivity index (χ1v) is 6.75. The largest absolute Gasteiger partial charge is 0.484 e. The highest BCUT2D eigenvalue weighted by atomic mass is 16.5. The maximum absolute atomic E-state index is 12.0. The van der Waals surface area contributed by atoms with E-state index in [0.717, 1.165) is 11.1 Å². The lowest BCUT2D eigenvalue weighted by Crippen LogP contribution is -2.42. The van der Waals surface area contributed by atoms with E-state index in [1.165, 1.54) is 0 Å². The molecule has 0 saturated carbocycles. The number of allylic oxidation sites excluding steroid dienone is 2. The van der Waals surface area contributed by atoms with Gasteiger partial charge in [-0.3, -0.25) is 4.79 Å². The van der Waals surface area contributed by atoms with E-state index in [1.54, 1.807) is 11.0 Å². The SMILES string of the molecule is [CH2]C=C(C)c1cccc(OCC(=O)N2CCOCC2)c1. The summed E-state index contributed by atoms with van der Waals surface area (Å²) in [5, 5.41) is 0. The molecule has 2 rings (SSSR count). The van der Waals surface area contributed by atoms with Crippen LogP contribution < -0.4 is 4.74 Å². The lowest BCUT2D eigenvalue weighted by molar-refractivity contribution is -0.137. The average Bonchev–Trinajstić information content (AvgIpc) is 2.53. The molecule has 0 unspecified atom stereocenters. The molecule has 1 amide bonds. The zero-order chi connectivity index (χ0) is 14.4. The molecule has 0 bridgehead atoms. The van der Waals surface area contributed by atoms with Crippen LogP contribution in [0, 0.1) is 6.92 Å². The van der Waals surface area contributed by atoms with Crippen molar-refractivity contribution >= 4 is 11.5 Å². The Labute approximate surface area is 120 Å². The Kier molecular flexibility index (Phi) is 5.18. The van der Waals surface area contributed by atoms with Gasteiger partial charge in [0.25, 0.3) is 5.91 Å². The Morgan fingerprint density at radius 3 is 2.90 bits per heavy atom. The molecule has 0 aliphatic carbocycles. The van der Waals surface area contributed by atoms with Gasteiger partial charge in [0, 0.05) is 13.1 Å². The molecule has 107 valence electrons. The highest BCUT2D eigenvalue weighted by molar-refractivity contribution is 5.78. The van der Waals surface area contributed by atoms with Crippen molar-refractivity contribution in [3.8, 4) is 5.75 Å². The summed E-state index contributed by atoms with van der Waals surface area (Å²) in [5.74, 6) is 0.702. The summed E-state index contributed by atoms with van der Waals surface area (Å²) in [7, 11) is 0. The molecule has 1 aromatic carbocycles. The smallest absolute Gasteiger partial charge is 0.260 e. The van der Waals surface area contributed by atoms with E-state index in [2.05, 4.69) is 6.92 Å². The highest BCUT2D eigenvalue weighted by Crippen LogP contribution is 2.19. The summed E-state index contributed by atoms with van der Waals surface area (Å²) in [6, 6.07) is 7.68. The predicted octanol–water partition coefficient (Wildman–Crippen LogP) is 2.16. The molecule has 0 spiro atoms. The van der Waals surface area contributed by atoms with Gasteiger partial charge in [-0.05, 0) is 37.1 Å². The molecule has 0 aromatic heterocycles. The standard InChI is InChI=1S/C16H20NO3/c1-3-13(2)14-5-4-6-15(11-14)20-12-16(18)17-7-9-19-10-8-17/h3-6,11H,1,7-10,12H2,2H3. The lowest BCUT2D eigenvalue weighted by atomic mass is 10.1. The van der Waals surface area contributed by atoms with Crippen LogP contribution in [0.5, 0.6) is 5.75 Å². The zero-order valence-electron chi connectivity index (χ0n) is 11.8. The van der Waals surface area contributed by atoms with Crippen LogP contribution in [-0.4, -0.2) is 43.7 Å². The van der Waals surface area contributed by atoms with Crippen molar-refractivity contribution in [3.63, 3.8) is 0 Å². The average molecular weight is 274 g/mol. The number of rotatable bonds is 4. The van der Waals surface area contributed by atoms with Gasteiger partial charge in [0.05, 0.1) is 13.2 Å². The normalized spacial score (nSPS) is 16.1. The summed E-state index contributed by atoms with van der Waals surface area (Å²) in [6.07, 6.45) is 1.80. The minimum Gasteiger partial charge on any atom is -0.484 e. The molecule has 1 aliphatic heterocycles. The number of hydrogen-bond donors (Lipinski definition) is 0. The Balaban J connectivity index is 1.91. The van der Waals surface area contributed by atoms with Crippen LogP contribution >= 0.6 is 0 Å². The van der Waals surface area contributed by atoms with Crippen molar-refractivity contribution < 1.29 is 14.3 Å². The summed E-state index contributed by atoms with van der Waals surface area (Å²) in [5.41, 5.74) is 2.13. The van der Waals surface area contributed by atoms with Crippen LogP contribution in [0.4, 0.5) is 0 Å². The second-order valence-corrected chi connectivity index (χ2v) is 4.70. The third-order valence-electron chi connectivity index (χ3n) is 3.32. The second kappa shape index (κ2) is 7.10. The monoisotopic (exact) mass is 274 g/mol. The summed E-state index contributed by atoms with van der Waals surface area (Å²) in [6.45, 7) is 8.31. The molecule has 0 atom stereocenters. The van der Waals surface area contributed by atoms with E-state index in [0.29, 0.717) is 32.1 Å². The van der Waals surface area contributed by atoms with Crippen molar-refractivity contribution in [1.82, 2.24) is 4.90 Å². The van der Waals surface area contributed by atoms with E-state index >= 15 is 0 Å². The van der Waals surface area contributed by atoms with Gasteiger partial charge in [0.15, 0.2) is 6.61 Å². The van der Waals surface area contributed by atoms with E-state index in [9.17, 15) is 4.79 Å². The van der Waals surface area contributed by atoms with E-state index < -0.39 is 0 Å². The summed E-state index contributed by atoms with van der Waals surface area (Å²) >= 11 is 0. The topological polar surface area (TPSA) is 38.8 Å². The molecule has 1 saturated heterocycles. The summed E-state index contributed by atoms with van der Waals surface area (Å²) in [4.78, 5) is 13.7. The predicted molar refractivity (Wildman–Crippen MR) is 78.3 cm³/mol. The van der Waals surface area contributed by atoms with Crippen LogP contribution in [0.3, 0.4) is 0 Å². The van der Waals surface area contributed by atoms with E-state index in [-0.39, 0.29) is 12.5 Å². The molecule has 4 heteroatoms. The number of carbonyl (C=O) groups is 1. The molecular weight excluding hydrogens is 254 g/mol. The summed E-state index contributed by atoms with van der Waals surface area (Å²) < 4.78 is 10.8. The first-order valence-electron chi connectivity index (χ1n) is 6.75. The van der Waals surface area contributed by atoms with Gasteiger partial charge in [-0.15, -0.1) is 0 Å². The van der Waals surface area contributed by atoms with Gasteiger partial charge in [-0.25, -0.2) is 0 Å². The quantitative estimate of drug-likeness (QED) is 0.844. The lowest BCUT2D eigenvalue weighted by Gasteiger charge is -2.26. The van der Waals surface area contributed by atoms with Crippen LogP contribution in [0.2, 0.25) is 0 Å². The fourth-order valence-corrected chi connectivity index (χ4v) is 2.00. The van der Waals surface area contributed by atoms with E-state index in [1.807, 2.05) is 31.2 Å². The molecule has 20 heavy (non-hydrogen) atoms. The van der Waals surface area contributed by atoms with Crippen molar-refractivity contribution in [2.45, 2.75) is 6.92 Å². The Morgan fingerprint density at radius 2 is 2.20 bits per heavy atom. The fraction of sp³-hybridized carbons (Fsp3) is 0.375. The van der Waals surface area contributed by atoms with Crippen LogP contribution in [0.25, 0.3) is 5.57 Å². The fourth-order valence-electron chi connectivity index (χ4n) is 2.00. The molecular formula is C16H20NO3. The molecule has 1 aromatic rings.